The molecule has 2 aliphatic heterocycles. The number of piperazine rings is 1. The quantitative estimate of drug-likeness (QED) is 0.692. The van der Waals surface area contributed by atoms with E-state index in [-0.39, 0.29) is 17.9 Å². The Balaban J connectivity index is 2.16. The summed E-state index contributed by atoms with van der Waals surface area (Å²) in [7, 11) is 0. The molecule has 2 heterocycles. The van der Waals surface area contributed by atoms with Crippen LogP contribution in [0.1, 0.15) is 15.9 Å². The van der Waals surface area contributed by atoms with Gasteiger partial charge >= 0.3 is 0 Å². The van der Waals surface area contributed by atoms with Gasteiger partial charge in [0.15, 0.2) is 0 Å². The first-order chi connectivity index (χ1) is 8.18. The number of aryl methyl sites for hydroxylation is 1. The zero-order valence-corrected chi connectivity index (χ0v) is 9.59. The van der Waals surface area contributed by atoms with Crippen LogP contribution in [0.15, 0.2) is 12.1 Å². The molecule has 4 nitrogen and oxygen atoms in total. The normalized spacial score (nSPS) is 22.8. The van der Waals surface area contributed by atoms with Gasteiger partial charge in [0.25, 0.3) is 5.91 Å². The number of nitrogens with zero attached hydrogens (tertiary/aromatic N) is 1. The van der Waals surface area contributed by atoms with E-state index in [0.717, 1.165) is 6.54 Å². The maximum Gasteiger partial charge on any atom is 0.255 e. The van der Waals surface area contributed by atoms with E-state index in [2.05, 4.69) is 10.6 Å². The van der Waals surface area contributed by atoms with Gasteiger partial charge in [-0.2, -0.15) is 0 Å². The van der Waals surface area contributed by atoms with Crippen LogP contribution in [0.3, 0.4) is 0 Å². The standard InChI is InChI=1S/C12H14FN3O/c1-7-2-3-8-11(10(7)13)16-5-4-14-6-9(16)15-12(8)17/h2-3,9,14H,4-6H2,1H3,(H,15,17)/t9-/m0/s1. The second-order valence-electron chi connectivity index (χ2n) is 4.48. The molecule has 1 aromatic carbocycles. The fourth-order valence-corrected chi connectivity index (χ4v) is 2.46. The number of carbonyl (C=O) groups is 1. The van der Waals surface area contributed by atoms with Gasteiger partial charge < -0.3 is 15.5 Å². The number of rotatable bonds is 0. The molecule has 0 saturated carbocycles. The van der Waals surface area contributed by atoms with Gasteiger partial charge in [0.1, 0.15) is 12.0 Å². The molecule has 5 heteroatoms. The van der Waals surface area contributed by atoms with Crippen LogP contribution in [-0.4, -0.2) is 31.7 Å². The van der Waals surface area contributed by atoms with Gasteiger partial charge in [-0.05, 0) is 18.6 Å². The number of halogens is 1. The van der Waals surface area contributed by atoms with E-state index in [1.165, 1.54) is 0 Å². The molecule has 2 aliphatic rings. The third kappa shape index (κ3) is 1.50. The molecule has 0 aromatic heterocycles. The Morgan fingerprint density at radius 3 is 3.12 bits per heavy atom. The summed E-state index contributed by atoms with van der Waals surface area (Å²) in [5, 5.41) is 6.07. The van der Waals surface area contributed by atoms with Gasteiger partial charge in [-0.3, -0.25) is 4.79 Å². The first kappa shape index (κ1) is 10.5. The summed E-state index contributed by atoms with van der Waals surface area (Å²) in [5.74, 6) is -0.465. The molecule has 1 atom stereocenters. The fourth-order valence-electron chi connectivity index (χ4n) is 2.46. The predicted molar refractivity (Wildman–Crippen MR) is 62.6 cm³/mol. The largest absolute Gasteiger partial charge is 0.346 e. The summed E-state index contributed by atoms with van der Waals surface area (Å²) in [6, 6.07) is 3.34. The Labute approximate surface area is 98.8 Å². The topological polar surface area (TPSA) is 44.4 Å². The van der Waals surface area contributed by atoms with Crippen LogP contribution >= 0.6 is 0 Å². The van der Waals surface area contributed by atoms with Crippen LogP contribution in [0.2, 0.25) is 0 Å². The number of fused-ring (bicyclic) bond motifs is 3. The van der Waals surface area contributed by atoms with E-state index in [1.807, 2.05) is 4.90 Å². The molecule has 90 valence electrons. The van der Waals surface area contributed by atoms with Crippen LogP contribution in [0.5, 0.6) is 0 Å². The molecule has 0 aliphatic carbocycles. The first-order valence-corrected chi connectivity index (χ1v) is 5.76. The summed E-state index contributed by atoms with van der Waals surface area (Å²) in [6.07, 6.45) is -0.139. The minimum Gasteiger partial charge on any atom is -0.346 e. The summed E-state index contributed by atoms with van der Waals surface area (Å²) >= 11 is 0. The fraction of sp³-hybridized carbons (Fsp3) is 0.417. The Bertz CT molecular complexity index is 489. The van der Waals surface area contributed by atoms with Crippen molar-refractivity contribution in [3.05, 3.63) is 29.1 Å². The number of amides is 1. The lowest BCUT2D eigenvalue weighted by Crippen LogP contribution is -2.62. The zero-order valence-electron chi connectivity index (χ0n) is 9.59. The average Bonchev–Trinajstić information content (AvgIpc) is 2.33. The second kappa shape index (κ2) is 3.70. The van der Waals surface area contributed by atoms with Gasteiger partial charge in [0.05, 0.1) is 11.3 Å². The highest BCUT2D eigenvalue weighted by atomic mass is 19.1. The minimum atomic E-state index is -0.274. The SMILES string of the molecule is Cc1ccc2c(c1F)N1CCNC[C@H]1NC2=O. The molecule has 2 N–H and O–H groups in total. The number of carbonyl (C=O) groups excluding carboxylic acids is 1. The predicted octanol–water partition coefficient (Wildman–Crippen LogP) is 0.613. The van der Waals surface area contributed by atoms with Crippen molar-refractivity contribution in [3.8, 4) is 0 Å². The van der Waals surface area contributed by atoms with Crippen LogP contribution in [0.4, 0.5) is 10.1 Å². The van der Waals surface area contributed by atoms with E-state index >= 15 is 0 Å². The van der Waals surface area contributed by atoms with Crippen molar-refractivity contribution in [2.24, 2.45) is 0 Å². The minimum absolute atomic E-state index is 0.139. The zero-order chi connectivity index (χ0) is 12.0. The Hall–Kier alpha value is -1.62. The van der Waals surface area contributed by atoms with Gasteiger partial charge in [-0.25, -0.2) is 4.39 Å². The smallest absolute Gasteiger partial charge is 0.255 e. The molecule has 0 bridgehead atoms. The van der Waals surface area contributed by atoms with E-state index in [9.17, 15) is 9.18 Å². The number of hydrogen-bond donors (Lipinski definition) is 2. The molecule has 1 fully saturated rings. The van der Waals surface area contributed by atoms with Crippen molar-refractivity contribution in [2.45, 2.75) is 13.1 Å². The number of nitrogens with one attached hydrogen (secondary N) is 2. The third-order valence-electron chi connectivity index (χ3n) is 3.38. The van der Waals surface area contributed by atoms with Gasteiger partial charge in [0, 0.05) is 19.6 Å². The second-order valence-corrected chi connectivity index (χ2v) is 4.48. The molecule has 3 rings (SSSR count). The number of benzene rings is 1. The lowest BCUT2D eigenvalue weighted by atomic mass is 10.0. The Kier molecular flexibility index (Phi) is 2.29. The Morgan fingerprint density at radius 2 is 2.29 bits per heavy atom. The van der Waals surface area contributed by atoms with Crippen molar-refractivity contribution in [1.29, 1.82) is 0 Å². The summed E-state index contributed by atoms with van der Waals surface area (Å²) in [5.41, 5.74) is 1.47. The Morgan fingerprint density at radius 1 is 1.47 bits per heavy atom. The molecule has 1 aromatic rings. The van der Waals surface area contributed by atoms with Crippen LogP contribution in [0.25, 0.3) is 0 Å². The van der Waals surface area contributed by atoms with Crippen LogP contribution in [-0.2, 0) is 0 Å². The third-order valence-corrected chi connectivity index (χ3v) is 3.38. The van der Waals surface area contributed by atoms with Crippen LogP contribution in [0, 0.1) is 12.7 Å². The van der Waals surface area contributed by atoms with Crippen LogP contribution < -0.4 is 15.5 Å². The highest BCUT2D eigenvalue weighted by Crippen LogP contribution is 2.31. The first-order valence-electron chi connectivity index (χ1n) is 5.76. The lowest BCUT2D eigenvalue weighted by Gasteiger charge is -2.42. The maximum atomic E-state index is 14.2. The van der Waals surface area contributed by atoms with Crippen molar-refractivity contribution in [1.82, 2.24) is 10.6 Å². The summed E-state index contributed by atoms with van der Waals surface area (Å²) in [6.45, 7) is 3.88. The molecule has 1 amide bonds. The highest BCUT2D eigenvalue weighted by molar-refractivity contribution is 6.02. The van der Waals surface area contributed by atoms with Gasteiger partial charge in [-0.15, -0.1) is 0 Å². The maximum absolute atomic E-state index is 14.2. The van der Waals surface area contributed by atoms with E-state index < -0.39 is 0 Å². The van der Waals surface area contributed by atoms with E-state index in [1.54, 1.807) is 19.1 Å². The van der Waals surface area contributed by atoms with Crippen molar-refractivity contribution in [2.75, 3.05) is 24.5 Å². The number of hydrogen-bond acceptors (Lipinski definition) is 3. The van der Waals surface area contributed by atoms with Crippen molar-refractivity contribution >= 4 is 11.6 Å². The number of anilines is 1. The van der Waals surface area contributed by atoms with Crippen molar-refractivity contribution in [3.63, 3.8) is 0 Å². The summed E-state index contributed by atoms with van der Waals surface area (Å²) in [4.78, 5) is 13.8. The van der Waals surface area contributed by atoms with E-state index in [4.69, 9.17) is 0 Å². The molecule has 1 saturated heterocycles. The average molecular weight is 235 g/mol. The summed E-state index contributed by atoms with van der Waals surface area (Å²) < 4.78 is 14.2. The van der Waals surface area contributed by atoms with Gasteiger partial charge in [0.2, 0.25) is 0 Å². The molecular formula is C12H14FN3O. The van der Waals surface area contributed by atoms with Crippen molar-refractivity contribution < 1.29 is 9.18 Å². The molecule has 0 spiro atoms. The molecule has 0 unspecified atom stereocenters. The molecule has 0 radical (unpaired) electrons. The monoisotopic (exact) mass is 235 g/mol. The van der Waals surface area contributed by atoms with Gasteiger partial charge in [-0.1, -0.05) is 6.07 Å². The molecule has 17 heavy (non-hydrogen) atoms. The van der Waals surface area contributed by atoms with E-state index in [0.29, 0.717) is 29.9 Å². The lowest BCUT2D eigenvalue weighted by molar-refractivity contribution is 0.0921. The highest BCUT2D eigenvalue weighted by Gasteiger charge is 2.34. The molecular weight excluding hydrogens is 221 g/mol.